The van der Waals surface area contributed by atoms with Crippen LogP contribution in [-0.2, 0) is 11.2 Å². The van der Waals surface area contributed by atoms with Gasteiger partial charge in [-0.2, -0.15) is 4.98 Å². The molecule has 2 heterocycles. The molecule has 0 fully saturated rings. The summed E-state index contributed by atoms with van der Waals surface area (Å²) in [6.07, 6.45) is 5.06. The van der Waals surface area contributed by atoms with Gasteiger partial charge in [-0.1, -0.05) is 5.16 Å². The Hall–Kier alpha value is -2.31. The van der Waals surface area contributed by atoms with Crippen LogP contribution in [0.3, 0.4) is 0 Å². The molecule has 0 atom stereocenters. The number of unbranched alkanes of at least 4 members (excludes halogenated alkanes) is 1. The summed E-state index contributed by atoms with van der Waals surface area (Å²) >= 11 is 0. The molecule has 0 radical (unpaired) electrons. The highest BCUT2D eigenvalue weighted by Gasteiger charge is 2.09. The maximum Gasteiger partial charge on any atom is 0.303 e. The van der Waals surface area contributed by atoms with Gasteiger partial charge in [-0.15, -0.1) is 0 Å². The molecule has 2 aromatic heterocycles. The maximum atomic E-state index is 10.3. The topological polar surface area (TPSA) is 102 Å². The van der Waals surface area contributed by atoms with Crippen LogP contribution < -0.4 is 0 Å². The van der Waals surface area contributed by atoms with E-state index in [1.807, 2.05) is 0 Å². The number of aliphatic carboxylic acids is 1. The van der Waals surface area contributed by atoms with Crippen molar-refractivity contribution in [3.8, 4) is 11.5 Å². The van der Waals surface area contributed by atoms with E-state index in [9.17, 15) is 4.79 Å². The lowest BCUT2D eigenvalue weighted by atomic mass is 10.2. The Balaban J connectivity index is 1.89. The van der Waals surface area contributed by atoms with Gasteiger partial charge in [0.05, 0.1) is 0 Å². The van der Waals surface area contributed by atoms with Crippen LogP contribution in [0.4, 0.5) is 0 Å². The molecule has 7 nitrogen and oxygen atoms in total. The van der Waals surface area contributed by atoms with Crippen LogP contribution in [0.1, 0.15) is 25.2 Å². The smallest absolute Gasteiger partial charge is 0.303 e. The Labute approximate surface area is 103 Å². The van der Waals surface area contributed by atoms with Gasteiger partial charge in [0.25, 0.3) is 0 Å². The van der Waals surface area contributed by atoms with Crippen molar-refractivity contribution >= 4 is 5.97 Å². The lowest BCUT2D eigenvalue weighted by Gasteiger charge is -1.93. The third kappa shape index (κ3) is 3.34. The van der Waals surface area contributed by atoms with Gasteiger partial charge in [-0.05, 0) is 18.9 Å². The zero-order valence-electron chi connectivity index (χ0n) is 9.61. The summed E-state index contributed by atoms with van der Waals surface area (Å²) in [5.41, 5.74) is 0.602. The lowest BCUT2D eigenvalue weighted by molar-refractivity contribution is -0.137. The molecule has 0 bridgehead atoms. The van der Waals surface area contributed by atoms with Crippen LogP contribution in [0.2, 0.25) is 0 Å². The van der Waals surface area contributed by atoms with Gasteiger partial charge in [0.1, 0.15) is 12.0 Å². The summed E-state index contributed by atoms with van der Waals surface area (Å²) in [5, 5.41) is 12.3. The first-order valence-electron chi connectivity index (χ1n) is 5.56. The quantitative estimate of drug-likeness (QED) is 0.769. The third-order valence-electron chi connectivity index (χ3n) is 2.31. The lowest BCUT2D eigenvalue weighted by Crippen LogP contribution is -1.95. The van der Waals surface area contributed by atoms with E-state index in [2.05, 4.69) is 20.1 Å². The van der Waals surface area contributed by atoms with Gasteiger partial charge < -0.3 is 9.63 Å². The fraction of sp³-hybridized carbons (Fsp3) is 0.364. The highest BCUT2D eigenvalue weighted by Crippen LogP contribution is 2.12. The fourth-order valence-electron chi connectivity index (χ4n) is 1.44. The second-order valence-electron chi connectivity index (χ2n) is 3.71. The molecular weight excluding hydrogens is 236 g/mol. The fourth-order valence-corrected chi connectivity index (χ4v) is 1.44. The molecule has 0 aromatic carbocycles. The van der Waals surface area contributed by atoms with Gasteiger partial charge in [0, 0.05) is 19.0 Å². The normalized spacial score (nSPS) is 10.4. The molecule has 0 aliphatic carbocycles. The van der Waals surface area contributed by atoms with Crippen molar-refractivity contribution in [1.82, 2.24) is 20.1 Å². The van der Waals surface area contributed by atoms with Crippen LogP contribution in [0.5, 0.6) is 0 Å². The zero-order valence-corrected chi connectivity index (χ0v) is 9.61. The van der Waals surface area contributed by atoms with Crippen LogP contribution in [-0.4, -0.2) is 31.2 Å². The molecule has 94 valence electrons. The van der Waals surface area contributed by atoms with Gasteiger partial charge in [0.15, 0.2) is 0 Å². The largest absolute Gasteiger partial charge is 0.481 e. The van der Waals surface area contributed by atoms with E-state index >= 15 is 0 Å². The summed E-state index contributed by atoms with van der Waals surface area (Å²) in [4.78, 5) is 22.3. The number of carbonyl (C=O) groups is 1. The minimum absolute atomic E-state index is 0.160. The van der Waals surface area contributed by atoms with E-state index in [1.165, 1.54) is 6.33 Å². The standard InChI is InChI=1S/C11H12N4O3/c16-10(17)4-2-1-3-9-14-11(15-18-9)8-5-6-12-7-13-8/h5-7H,1-4H2,(H,16,17). The molecule has 1 N–H and O–H groups in total. The Morgan fingerprint density at radius 3 is 3.00 bits per heavy atom. The number of aryl methyl sites for hydroxylation is 1. The van der Waals surface area contributed by atoms with E-state index in [4.69, 9.17) is 9.63 Å². The monoisotopic (exact) mass is 248 g/mol. The molecule has 0 aliphatic heterocycles. The number of carboxylic acids is 1. The van der Waals surface area contributed by atoms with E-state index in [1.54, 1.807) is 12.3 Å². The Bertz CT molecular complexity index is 512. The molecule has 0 saturated carbocycles. The Kier molecular flexibility index (Phi) is 3.95. The number of aromatic nitrogens is 4. The molecule has 18 heavy (non-hydrogen) atoms. The van der Waals surface area contributed by atoms with E-state index in [0.717, 1.165) is 0 Å². The highest BCUT2D eigenvalue weighted by molar-refractivity contribution is 5.66. The Morgan fingerprint density at radius 2 is 2.28 bits per heavy atom. The average Bonchev–Trinajstić information content (AvgIpc) is 2.84. The third-order valence-corrected chi connectivity index (χ3v) is 2.31. The second kappa shape index (κ2) is 5.85. The predicted molar refractivity (Wildman–Crippen MR) is 60.5 cm³/mol. The van der Waals surface area contributed by atoms with Crippen molar-refractivity contribution in [3.63, 3.8) is 0 Å². The summed E-state index contributed by atoms with van der Waals surface area (Å²) in [6, 6.07) is 1.69. The van der Waals surface area contributed by atoms with E-state index < -0.39 is 5.97 Å². The first-order valence-corrected chi connectivity index (χ1v) is 5.56. The highest BCUT2D eigenvalue weighted by atomic mass is 16.5. The number of hydrogen-bond donors (Lipinski definition) is 1. The summed E-state index contributed by atoms with van der Waals surface area (Å²) in [5.74, 6) is 0.127. The van der Waals surface area contributed by atoms with Crippen LogP contribution in [0.15, 0.2) is 23.1 Å². The summed E-state index contributed by atoms with van der Waals surface area (Å²) in [6.45, 7) is 0. The first-order chi connectivity index (χ1) is 8.75. The molecule has 0 unspecified atom stereocenters. The molecular formula is C11H12N4O3. The van der Waals surface area contributed by atoms with E-state index in [-0.39, 0.29) is 6.42 Å². The molecule has 7 heteroatoms. The van der Waals surface area contributed by atoms with E-state index in [0.29, 0.717) is 36.7 Å². The van der Waals surface area contributed by atoms with Crippen molar-refractivity contribution in [3.05, 3.63) is 24.5 Å². The SMILES string of the molecule is O=C(O)CCCCc1nc(-c2ccncn2)no1. The summed E-state index contributed by atoms with van der Waals surface area (Å²) in [7, 11) is 0. The van der Waals surface area contributed by atoms with Crippen LogP contribution >= 0.6 is 0 Å². The zero-order chi connectivity index (χ0) is 12.8. The van der Waals surface area contributed by atoms with Crippen molar-refractivity contribution in [2.45, 2.75) is 25.7 Å². The molecule has 0 spiro atoms. The minimum Gasteiger partial charge on any atom is -0.481 e. The van der Waals surface area contributed by atoms with Crippen molar-refractivity contribution in [2.75, 3.05) is 0 Å². The van der Waals surface area contributed by atoms with Gasteiger partial charge >= 0.3 is 5.97 Å². The maximum absolute atomic E-state index is 10.3. The van der Waals surface area contributed by atoms with Crippen molar-refractivity contribution in [2.24, 2.45) is 0 Å². The molecule has 0 aliphatic rings. The average molecular weight is 248 g/mol. The predicted octanol–water partition coefficient (Wildman–Crippen LogP) is 1.32. The number of nitrogens with zero attached hydrogens (tertiary/aromatic N) is 4. The minimum atomic E-state index is -0.790. The van der Waals surface area contributed by atoms with Gasteiger partial charge in [0.2, 0.25) is 11.7 Å². The molecule has 0 saturated heterocycles. The molecule has 0 amide bonds. The van der Waals surface area contributed by atoms with Crippen LogP contribution in [0.25, 0.3) is 11.5 Å². The number of rotatable bonds is 6. The Morgan fingerprint density at radius 1 is 1.39 bits per heavy atom. The summed E-state index contributed by atoms with van der Waals surface area (Å²) < 4.78 is 5.06. The second-order valence-corrected chi connectivity index (χ2v) is 3.71. The first kappa shape index (κ1) is 12.2. The number of carboxylic acid groups (broad SMARTS) is 1. The van der Waals surface area contributed by atoms with Gasteiger partial charge in [-0.3, -0.25) is 4.79 Å². The number of hydrogen-bond acceptors (Lipinski definition) is 6. The molecule has 2 aromatic rings. The molecule has 2 rings (SSSR count). The van der Waals surface area contributed by atoms with Crippen molar-refractivity contribution in [1.29, 1.82) is 0 Å². The van der Waals surface area contributed by atoms with Crippen LogP contribution in [0, 0.1) is 0 Å². The van der Waals surface area contributed by atoms with Gasteiger partial charge in [-0.25, -0.2) is 9.97 Å². The van der Waals surface area contributed by atoms with Crippen molar-refractivity contribution < 1.29 is 14.4 Å².